The molecule has 0 amide bonds. The molecule has 222 valence electrons. The van der Waals surface area contributed by atoms with Gasteiger partial charge in [-0.3, -0.25) is 0 Å². The number of hydrogen-bond donors (Lipinski definition) is 2. The van der Waals surface area contributed by atoms with Crippen molar-refractivity contribution in [2.24, 2.45) is 10.8 Å². The molecule has 0 aliphatic heterocycles. The van der Waals surface area contributed by atoms with Gasteiger partial charge < -0.3 is 10.2 Å². The van der Waals surface area contributed by atoms with E-state index in [9.17, 15) is 10.2 Å². The average molecular weight is 555 g/mol. The first-order valence-corrected chi connectivity index (χ1v) is 17.5. The van der Waals surface area contributed by atoms with Crippen LogP contribution in [0.3, 0.4) is 0 Å². The monoisotopic (exact) mass is 554 g/mol. The highest BCUT2D eigenvalue weighted by atomic mass is 16.3. The lowest BCUT2D eigenvalue weighted by Crippen LogP contribution is -2.64. The number of benzene rings is 2. The van der Waals surface area contributed by atoms with Gasteiger partial charge in [0.25, 0.3) is 0 Å². The Bertz CT molecular complexity index is 1180. The lowest BCUT2D eigenvalue weighted by atomic mass is 9.33. The Morgan fingerprint density at radius 2 is 1.05 bits per heavy atom. The summed E-state index contributed by atoms with van der Waals surface area (Å²) in [5.74, 6) is 2.10. The molecule has 2 N–H and O–H groups in total. The molecular weight excluding hydrogens is 500 g/mol. The second kappa shape index (κ2) is 10.3. The van der Waals surface area contributed by atoms with E-state index in [1.165, 1.54) is 144 Å². The Kier molecular flexibility index (Phi) is 7.02. The summed E-state index contributed by atoms with van der Waals surface area (Å²) in [6.45, 7) is 4.88. The fourth-order valence-electron chi connectivity index (χ4n) is 12.1. The van der Waals surface area contributed by atoms with E-state index in [2.05, 4.69) is 50.2 Å². The van der Waals surface area contributed by atoms with Gasteiger partial charge in [-0.1, -0.05) is 89.5 Å². The van der Waals surface area contributed by atoms with Gasteiger partial charge in [-0.15, -0.1) is 0 Å². The third kappa shape index (κ3) is 4.65. The summed E-state index contributed by atoms with van der Waals surface area (Å²) in [5, 5.41) is 22.2. The van der Waals surface area contributed by atoms with E-state index in [-0.39, 0.29) is 10.8 Å². The zero-order valence-electron chi connectivity index (χ0n) is 25.9. The zero-order chi connectivity index (χ0) is 28.3. The lowest BCUT2D eigenvalue weighted by Gasteiger charge is -2.71. The predicted molar refractivity (Wildman–Crippen MR) is 169 cm³/mol. The molecule has 8 rings (SSSR count). The van der Waals surface area contributed by atoms with Gasteiger partial charge in [0.05, 0.1) is 0 Å². The molecule has 2 unspecified atom stereocenters. The van der Waals surface area contributed by atoms with E-state index >= 15 is 0 Å². The average Bonchev–Trinajstić information content (AvgIpc) is 2.98. The molecule has 41 heavy (non-hydrogen) atoms. The minimum Gasteiger partial charge on any atom is -0.508 e. The highest BCUT2D eigenvalue weighted by Gasteiger charge is 2.67. The maximum absolute atomic E-state index is 11.1. The molecular formula is C39H54O2. The Balaban J connectivity index is 1.35. The van der Waals surface area contributed by atoms with Crippen molar-refractivity contribution in [3.8, 4) is 11.5 Å². The number of rotatable bonds is 7. The van der Waals surface area contributed by atoms with E-state index in [0.29, 0.717) is 34.2 Å². The summed E-state index contributed by atoms with van der Waals surface area (Å²) in [6, 6.07) is 13.8. The van der Waals surface area contributed by atoms with Crippen molar-refractivity contribution in [1.82, 2.24) is 0 Å². The topological polar surface area (TPSA) is 40.5 Å². The molecule has 0 aromatic heterocycles. The van der Waals surface area contributed by atoms with E-state index in [4.69, 9.17) is 0 Å². The second-order valence-corrected chi connectivity index (χ2v) is 15.9. The molecule has 6 fully saturated rings. The first-order valence-electron chi connectivity index (χ1n) is 17.5. The molecule has 0 radical (unpaired) electrons. The fourth-order valence-corrected chi connectivity index (χ4v) is 12.1. The smallest absolute Gasteiger partial charge is 0.119 e. The van der Waals surface area contributed by atoms with Crippen LogP contribution in [0.5, 0.6) is 11.5 Å². The molecule has 6 aliphatic rings. The molecule has 0 spiro atoms. The van der Waals surface area contributed by atoms with Crippen molar-refractivity contribution < 1.29 is 10.2 Å². The minimum atomic E-state index is 0.180. The van der Waals surface area contributed by atoms with Crippen LogP contribution in [0.25, 0.3) is 0 Å². The molecule has 2 nitrogen and oxygen atoms in total. The highest BCUT2D eigenvalue weighted by molar-refractivity contribution is 5.48. The molecule has 6 aliphatic carbocycles. The normalized spacial score (nSPS) is 35.7. The second-order valence-electron chi connectivity index (χ2n) is 15.9. The maximum atomic E-state index is 11.1. The SMILES string of the molecule is CCCC12CC3(CC)CC(c4ccc(O)c(C5CCCCC5)c4)(C1)CC(c1ccc(O)c(C4CCCCC4)c1)(C3)C2. The van der Waals surface area contributed by atoms with Crippen LogP contribution in [0.4, 0.5) is 0 Å². The number of aromatic hydroxyl groups is 2. The first kappa shape index (κ1) is 27.8. The summed E-state index contributed by atoms with van der Waals surface area (Å²) in [7, 11) is 0. The Hall–Kier alpha value is -1.96. The lowest BCUT2D eigenvalue weighted by molar-refractivity contribution is -0.146. The van der Waals surface area contributed by atoms with Gasteiger partial charge in [0.1, 0.15) is 11.5 Å². The van der Waals surface area contributed by atoms with Crippen molar-refractivity contribution in [3.05, 3.63) is 58.7 Å². The van der Waals surface area contributed by atoms with Gasteiger partial charge in [0.2, 0.25) is 0 Å². The Morgan fingerprint density at radius 3 is 1.49 bits per heavy atom. The van der Waals surface area contributed by atoms with Crippen LogP contribution in [-0.2, 0) is 10.8 Å². The highest BCUT2D eigenvalue weighted by Crippen LogP contribution is 2.76. The van der Waals surface area contributed by atoms with Gasteiger partial charge in [-0.05, 0) is 139 Å². The van der Waals surface area contributed by atoms with Crippen molar-refractivity contribution in [3.63, 3.8) is 0 Å². The molecule has 0 saturated heterocycles. The van der Waals surface area contributed by atoms with Crippen LogP contribution in [0.15, 0.2) is 36.4 Å². The Morgan fingerprint density at radius 1 is 0.585 bits per heavy atom. The summed E-state index contributed by atoms with van der Waals surface area (Å²) < 4.78 is 0. The van der Waals surface area contributed by atoms with Crippen LogP contribution in [-0.4, -0.2) is 10.2 Å². The predicted octanol–water partition coefficient (Wildman–Crippen LogP) is 10.9. The molecule has 6 saturated carbocycles. The third-order valence-electron chi connectivity index (χ3n) is 13.2. The summed E-state index contributed by atoms with van der Waals surface area (Å²) in [5.41, 5.74) is 6.69. The molecule has 2 aromatic rings. The van der Waals surface area contributed by atoms with Crippen LogP contribution >= 0.6 is 0 Å². The third-order valence-corrected chi connectivity index (χ3v) is 13.2. The summed E-state index contributed by atoms with van der Waals surface area (Å²) in [4.78, 5) is 0. The number of phenolic OH excluding ortho intramolecular Hbond substituents is 2. The van der Waals surface area contributed by atoms with E-state index in [1.54, 1.807) is 0 Å². The van der Waals surface area contributed by atoms with Gasteiger partial charge >= 0.3 is 0 Å². The molecule has 0 heterocycles. The summed E-state index contributed by atoms with van der Waals surface area (Å²) in [6.07, 6.45) is 24.5. The van der Waals surface area contributed by atoms with Gasteiger partial charge in [0, 0.05) is 0 Å². The van der Waals surface area contributed by atoms with Gasteiger partial charge in [0.15, 0.2) is 0 Å². The van der Waals surface area contributed by atoms with Crippen molar-refractivity contribution in [2.45, 2.75) is 159 Å². The van der Waals surface area contributed by atoms with Crippen LogP contribution in [0.2, 0.25) is 0 Å². The number of phenols is 2. The maximum Gasteiger partial charge on any atom is 0.119 e. The molecule has 4 bridgehead atoms. The van der Waals surface area contributed by atoms with E-state index in [1.807, 2.05) is 0 Å². The van der Waals surface area contributed by atoms with Crippen LogP contribution in [0, 0.1) is 10.8 Å². The van der Waals surface area contributed by atoms with Crippen LogP contribution in [0.1, 0.15) is 170 Å². The van der Waals surface area contributed by atoms with Crippen molar-refractivity contribution >= 4 is 0 Å². The summed E-state index contributed by atoms with van der Waals surface area (Å²) >= 11 is 0. The van der Waals surface area contributed by atoms with E-state index in [0.717, 1.165) is 0 Å². The molecule has 2 heteroatoms. The van der Waals surface area contributed by atoms with Crippen LogP contribution < -0.4 is 0 Å². The first-order chi connectivity index (χ1) is 19.8. The molecule has 2 aromatic carbocycles. The van der Waals surface area contributed by atoms with Gasteiger partial charge in [-0.2, -0.15) is 0 Å². The van der Waals surface area contributed by atoms with Crippen molar-refractivity contribution in [1.29, 1.82) is 0 Å². The standard InChI is InChI=1S/C39H54O2/c1-3-19-37-22-36(4-2)23-38(25-37,30-15-17-34(40)32(20-30)28-11-7-5-8-12-28)27-39(24-36,26-37)31-16-18-35(41)33(21-31)29-13-9-6-10-14-29/h15-18,20-21,28-29,40-41H,3-14,19,22-27H2,1-2H3. The fraction of sp³-hybridized carbons (Fsp3) is 0.692. The van der Waals surface area contributed by atoms with E-state index < -0.39 is 0 Å². The zero-order valence-corrected chi connectivity index (χ0v) is 25.9. The minimum absolute atomic E-state index is 0.180. The van der Waals surface area contributed by atoms with Gasteiger partial charge in [-0.25, -0.2) is 0 Å². The Labute approximate surface area is 249 Å². The number of hydrogen-bond acceptors (Lipinski definition) is 2. The quantitative estimate of drug-likeness (QED) is 0.357. The molecule has 2 atom stereocenters. The largest absolute Gasteiger partial charge is 0.508 e. The van der Waals surface area contributed by atoms with Crippen molar-refractivity contribution in [2.75, 3.05) is 0 Å².